The molecule has 134 valence electrons. The Hall–Kier alpha value is -2.79. The van der Waals surface area contributed by atoms with Crippen LogP contribution in [-0.2, 0) is 0 Å². The van der Waals surface area contributed by atoms with E-state index in [1.165, 1.54) is 0 Å². The van der Waals surface area contributed by atoms with Gasteiger partial charge in [-0.1, -0.05) is 46.3 Å². The van der Waals surface area contributed by atoms with E-state index in [-0.39, 0.29) is 18.1 Å². The minimum atomic E-state index is -0.193. The normalized spacial score (nSPS) is 19.8. The Morgan fingerprint density at radius 2 is 1.81 bits per heavy atom. The number of hydrogen-bond acceptors (Lipinski definition) is 3. The first-order valence-corrected chi connectivity index (χ1v) is 9.69. The molecule has 0 aromatic heterocycles. The molecule has 2 heterocycles. The molecule has 2 atom stereocenters. The average molecular weight is 421 g/mol. The second-order valence-electron chi connectivity index (χ2n) is 6.72. The largest absolute Gasteiger partial charge is 0.484 e. The zero-order valence-electron chi connectivity index (χ0n) is 14.4. The monoisotopic (exact) mass is 420 g/mol. The van der Waals surface area contributed by atoms with Crippen molar-refractivity contribution in [3.8, 4) is 5.75 Å². The molecule has 0 spiro atoms. The number of hydrogen-bond donors (Lipinski definition) is 1. The molecule has 3 aromatic carbocycles. The van der Waals surface area contributed by atoms with Crippen LogP contribution in [0, 0.1) is 0 Å². The van der Waals surface area contributed by atoms with Crippen molar-refractivity contribution in [2.75, 3.05) is 16.8 Å². The maximum atomic E-state index is 13.6. The fraction of sp³-hybridized carbons (Fsp3) is 0.136. The molecule has 1 amide bonds. The van der Waals surface area contributed by atoms with E-state index >= 15 is 0 Å². The third kappa shape index (κ3) is 2.70. The van der Waals surface area contributed by atoms with Gasteiger partial charge in [0, 0.05) is 21.3 Å². The van der Waals surface area contributed by atoms with Crippen LogP contribution in [0.15, 0.2) is 77.3 Å². The lowest BCUT2D eigenvalue weighted by Gasteiger charge is -2.45. The molecule has 5 heteroatoms. The van der Waals surface area contributed by atoms with Gasteiger partial charge >= 0.3 is 0 Å². The summed E-state index contributed by atoms with van der Waals surface area (Å²) in [4.78, 5) is 15.4. The fourth-order valence-electron chi connectivity index (χ4n) is 3.90. The van der Waals surface area contributed by atoms with Gasteiger partial charge in [-0.25, -0.2) is 0 Å². The van der Waals surface area contributed by atoms with E-state index in [2.05, 4.69) is 27.3 Å². The van der Waals surface area contributed by atoms with Gasteiger partial charge in [-0.3, -0.25) is 9.69 Å². The number of nitrogens with zero attached hydrogens (tertiary/aromatic N) is 1. The van der Waals surface area contributed by atoms with Gasteiger partial charge in [0.05, 0.1) is 12.2 Å². The highest BCUT2D eigenvalue weighted by Crippen LogP contribution is 2.47. The average Bonchev–Trinajstić information content (AvgIpc) is 2.72. The molecule has 3 aromatic rings. The minimum Gasteiger partial charge on any atom is -0.484 e. The topological polar surface area (TPSA) is 41.6 Å². The molecule has 0 aliphatic carbocycles. The van der Waals surface area contributed by atoms with Crippen LogP contribution in [-0.4, -0.2) is 18.6 Å². The summed E-state index contributed by atoms with van der Waals surface area (Å²) in [5, 5.41) is 3.44. The van der Waals surface area contributed by atoms with E-state index in [1.807, 2.05) is 71.6 Å². The first-order chi connectivity index (χ1) is 13.2. The molecule has 0 bridgehead atoms. The zero-order valence-corrected chi connectivity index (χ0v) is 16.0. The van der Waals surface area contributed by atoms with Crippen molar-refractivity contribution in [1.82, 2.24) is 0 Å². The minimum absolute atomic E-state index is 0.0193. The highest BCUT2D eigenvalue weighted by molar-refractivity contribution is 9.10. The molecular formula is C22H17BrN2O2. The van der Waals surface area contributed by atoms with Crippen LogP contribution < -0.4 is 15.0 Å². The number of rotatable bonds is 1. The van der Waals surface area contributed by atoms with Crippen LogP contribution in [0.2, 0.25) is 0 Å². The van der Waals surface area contributed by atoms with Crippen molar-refractivity contribution >= 4 is 33.2 Å². The van der Waals surface area contributed by atoms with Crippen LogP contribution in [0.25, 0.3) is 0 Å². The predicted molar refractivity (Wildman–Crippen MR) is 109 cm³/mol. The molecular weight excluding hydrogens is 404 g/mol. The Morgan fingerprint density at radius 3 is 2.67 bits per heavy atom. The number of halogens is 1. The van der Waals surface area contributed by atoms with E-state index in [0.29, 0.717) is 12.1 Å². The van der Waals surface area contributed by atoms with Crippen LogP contribution in [0.5, 0.6) is 5.75 Å². The van der Waals surface area contributed by atoms with E-state index in [0.717, 1.165) is 27.2 Å². The first kappa shape index (κ1) is 16.4. The molecule has 2 aliphatic rings. The molecule has 0 unspecified atom stereocenters. The molecule has 0 saturated heterocycles. The Morgan fingerprint density at radius 1 is 1.04 bits per heavy atom. The molecule has 2 aliphatic heterocycles. The number of para-hydroxylation sites is 2. The van der Waals surface area contributed by atoms with Crippen LogP contribution >= 0.6 is 15.9 Å². The summed E-state index contributed by atoms with van der Waals surface area (Å²) in [6, 6.07) is 23.1. The smallest absolute Gasteiger partial charge is 0.259 e. The summed E-state index contributed by atoms with van der Waals surface area (Å²) in [5.41, 5.74) is 3.57. The first-order valence-electron chi connectivity index (χ1n) is 8.90. The summed E-state index contributed by atoms with van der Waals surface area (Å²) in [6.45, 7) is 0.645. The lowest BCUT2D eigenvalue weighted by molar-refractivity contribution is 0.0910. The predicted octanol–water partition coefficient (Wildman–Crippen LogP) is 5.02. The summed E-state index contributed by atoms with van der Waals surface area (Å²) >= 11 is 3.57. The van der Waals surface area contributed by atoms with Crippen molar-refractivity contribution in [3.05, 3.63) is 88.4 Å². The number of carbonyl (C=O) groups excluding carboxylic acids is 1. The van der Waals surface area contributed by atoms with Crippen LogP contribution in [0.3, 0.4) is 0 Å². The molecule has 4 nitrogen and oxygen atoms in total. The van der Waals surface area contributed by atoms with Crippen LogP contribution in [0.4, 0.5) is 11.4 Å². The molecule has 0 saturated carbocycles. The quantitative estimate of drug-likeness (QED) is 0.600. The van der Waals surface area contributed by atoms with E-state index in [9.17, 15) is 4.79 Å². The number of nitrogens with one attached hydrogen (secondary N) is 1. The van der Waals surface area contributed by atoms with Crippen molar-refractivity contribution in [3.63, 3.8) is 0 Å². The van der Waals surface area contributed by atoms with Gasteiger partial charge in [0.2, 0.25) is 0 Å². The van der Waals surface area contributed by atoms with Crippen molar-refractivity contribution < 1.29 is 9.53 Å². The van der Waals surface area contributed by atoms with Gasteiger partial charge in [-0.2, -0.15) is 0 Å². The fourth-order valence-corrected chi connectivity index (χ4v) is 4.28. The SMILES string of the molecule is O=C(c1ccccc1)N1c2ccccc2O[C@H]2CNc3ccc(Br)cc3[C@H]21. The standard InChI is InChI=1S/C22H17BrN2O2/c23-15-10-11-17-16(12-15)21-20(13-24-17)27-19-9-5-4-8-18(19)25(21)22(26)14-6-2-1-3-7-14/h1-12,20-21,24H,13H2/t20-,21+/m0/s1. The maximum absolute atomic E-state index is 13.6. The van der Waals surface area contributed by atoms with Gasteiger partial charge in [0.15, 0.2) is 0 Å². The maximum Gasteiger partial charge on any atom is 0.259 e. The third-order valence-corrected chi connectivity index (χ3v) is 5.59. The van der Waals surface area contributed by atoms with E-state index in [4.69, 9.17) is 4.74 Å². The van der Waals surface area contributed by atoms with Gasteiger partial charge < -0.3 is 10.1 Å². The molecule has 5 rings (SSSR count). The lowest BCUT2D eigenvalue weighted by atomic mass is 9.91. The van der Waals surface area contributed by atoms with Gasteiger partial charge in [-0.15, -0.1) is 0 Å². The number of anilines is 2. The summed E-state index contributed by atoms with van der Waals surface area (Å²) in [7, 11) is 0. The van der Waals surface area contributed by atoms with Crippen molar-refractivity contribution in [1.29, 1.82) is 0 Å². The summed E-state index contributed by atoms with van der Waals surface area (Å²) < 4.78 is 7.26. The second kappa shape index (κ2) is 6.43. The number of carbonyl (C=O) groups is 1. The number of fused-ring (bicyclic) bond motifs is 4. The Balaban J connectivity index is 1.70. The lowest BCUT2D eigenvalue weighted by Crippen LogP contribution is -2.51. The van der Waals surface area contributed by atoms with Gasteiger partial charge in [0.1, 0.15) is 17.9 Å². The number of ether oxygens (including phenoxy) is 1. The molecule has 0 fully saturated rings. The highest BCUT2D eigenvalue weighted by Gasteiger charge is 2.43. The van der Waals surface area contributed by atoms with Crippen molar-refractivity contribution in [2.24, 2.45) is 0 Å². The van der Waals surface area contributed by atoms with Gasteiger partial charge in [-0.05, 0) is 42.5 Å². The van der Waals surface area contributed by atoms with E-state index < -0.39 is 0 Å². The third-order valence-electron chi connectivity index (χ3n) is 5.10. The van der Waals surface area contributed by atoms with E-state index in [1.54, 1.807) is 0 Å². The van der Waals surface area contributed by atoms with Crippen molar-refractivity contribution in [2.45, 2.75) is 12.1 Å². The Bertz CT molecular complexity index is 1020. The molecule has 1 N–H and O–H groups in total. The number of amides is 1. The Labute approximate surface area is 165 Å². The molecule has 27 heavy (non-hydrogen) atoms. The van der Waals surface area contributed by atoms with Gasteiger partial charge in [0.25, 0.3) is 5.91 Å². The summed E-state index contributed by atoms with van der Waals surface area (Å²) in [5.74, 6) is 0.720. The number of benzene rings is 3. The summed E-state index contributed by atoms with van der Waals surface area (Å²) in [6.07, 6.45) is -0.158. The second-order valence-corrected chi connectivity index (χ2v) is 7.64. The molecule has 0 radical (unpaired) electrons. The highest BCUT2D eigenvalue weighted by atomic mass is 79.9. The van der Waals surface area contributed by atoms with Crippen LogP contribution in [0.1, 0.15) is 22.0 Å². The zero-order chi connectivity index (χ0) is 18.4. The Kier molecular flexibility index (Phi) is 3.90.